The summed E-state index contributed by atoms with van der Waals surface area (Å²) in [5, 5.41) is 9.30. The second-order valence-corrected chi connectivity index (χ2v) is 6.09. The minimum absolute atomic E-state index is 0.380. The van der Waals surface area contributed by atoms with Crippen LogP contribution in [0.3, 0.4) is 0 Å². The van der Waals surface area contributed by atoms with E-state index in [2.05, 4.69) is 16.8 Å². The summed E-state index contributed by atoms with van der Waals surface area (Å²) in [4.78, 5) is 0. The van der Waals surface area contributed by atoms with Crippen LogP contribution >= 0.6 is 11.8 Å². The van der Waals surface area contributed by atoms with E-state index in [0.717, 1.165) is 23.2 Å². The molecule has 2 atom stereocenters. The summed E-state index contributed by atoms with van der Waals surface area (Å²) in [5.41, 5.74) is 11.7. The Morgan fingerprint density at radius 1 is 1.42 bits per heavy atom. The number of rotatable bonds is 6. The highest BCUT2D eigenvalue weighted by atomic mass is 32.2. The van der Waals surface area contributed by atoms with Gasteiger partial charge in [-0.2, -0.15) is 0 Å². The van der Waals surface area contributed by atoms with Crippen LogP contribution in [0.2, 0.25) is 0 Å². The Bertz CT molecular complexity index is 417. The number of hydrogen-bond donors (Lipinski definition) is 2. The van der Waals surface area contributed by atoms with Gasteiger partial charge in [0, 0.05) is 18.3 Å². The molecule has 0 saturated heterocycles. The smallest absolute Gasteiger partial charge is 0.191 e. The van der Waals surface area contributed by atoms with E-state index in [9.17, 15) is 0 Å². The van der Waals surface area contributed by atoms with Crippen molar-refractivity contribution in [2.24, 2.45) is 17.4 Å². The molecule has 6 heteroatoms. The second-order valence-electron chi connectivity index (χ2n) is 5.11. The number of aromatic nitrogens is 3. The van der Waals surface area contributed by atoms with Crippen LogP contribution in [0.15, 0.2) is 17.8 Å². The highest BCUT2D eigenvalue weighted by Gasteiger charge is 2.20. The average Bonchev–Trinajstić information content (AvgIpc) is 2.79. The van der Waals surface area contributed by atoms with Crippen molar-refractivity contribution in [1.29, 1.82) is 0 Å². The topological polar surface area (TPSA) is 82.8 Å². The minimum atomic E-state index is 0.380. The number of thioether (sulfide) groups is 1. The van der Waals surface area contributed by atoms with E-state index in [-0.39, 0.29) is 0 Å². The number of hydrogen-bond acceptors (Lipinski definition) is 5. The zero-order valence-corrected chi connectivity index (χ0v) is 12.1. The Labute approximate surface area is 118 Å². The van der Waals surface area contributed by atoms with Crippen LogP contribution in [0.1, 0.15) is 31.5 Å². The van der Waals surface area contributed by atoms with Gasteiger partial charge in [0.2, 0.25) is 0 Å². The molecule has 1 aromatic rings. The standard InChI is InChI=1S/C13H23N5S/c1-2-6-18-12(8-14)16-17-13(18)19-9-10-4-3-5-11(15)7-10/h2,10-11H,1,3-9,14-15H2/t10-,11+/m1/s1. The normalized spacial score (nSPS) is 23.5. The predicted molar refractivity (Wildman–Crippen MR) is 78.8 cm³/mol. The van der Waals surface area contributed by atoms with Gasteiger partial charge < -0.3 is 16.0 Å². The Balaban J connectivity index is 1.94. The van der Waals surface area contributed by atoms with Gasteiger partial charge in [-0.25, -0.2) is 0 Å². The summed E-state index contributed by atoms with van der Waals surface area (Å²) in [7, 11) is 0. The molecule has 4 N–H and O–H groups in total. The molecule has 1 fully saturated rings. The van der Waals surface area contributed by atoms with Crippen molar-refractivity contribution in [1.82, 2.24) is 14.8 Å². The van der Waals surface area contributed by atoms with Gasteiger partial charge in [-0.3, -0.25) is 0 Å². The van der Waals surface area contributed by atoms with Crippen molar-refractivity contribution in [2.45, 2.75) is 50.0 Å². The van der Waals surface area contributed by atoms with Gasteiger partial charge in [-0.05, 0) is 25.2 Å². The Hall–Kier alpha value is -0.850. The lowest BCUT2D eigenvalue weighted by Crippen LogP contribution is -2.28. The van der Waals surface area contributed by atoms with Crippen molar-refractivity contribution in [3.05, 3.63) is 18.5 Å². The largest absolute Gasteiger partial charge is 0.328 e. The van der Waals surface area contributed by atoms with Gasteiger partial charge in [-0.1, -0.05) is 24.3 Å². The SMILES string of the molecule is C=CCn1c(CN)nnc1SC[C@@H]1CCC[C@H](N)C1. The molecule has 0 bridgehead atoms. The summed E-state index contributed by atoms with van der Waals surface area (Å²) < 4.78 is 2.04. The quantitative estimate of drug-likeness (QED) is 0.610. The van der Waals surface area contributed by atoms with E-state index in [4.69, 9.17) is 11.5 Å². The van der Waals surface area contributed by atoms with Crippen LogP contribution in [0.5, 0.6) is 0 Å². The molecule has 0 aromatic carbocycles. The Kier molecular flexibility index (Phi) is 5.42. The zero-order valence-electron chi connectivity index (χ0n) is 11.3. The first-order valence-corrected chi connectivity index (χ1v) is 7.84. The molecular formula is C13H23N5S. The van der Waals surface area contributed by atoms with Gasteiger partial charge >= 0.3 is 0 Å². The third kappa shape index (κ3) is 3.81. The molecule has 1 aliphatic carbocycles. The highest BCUT2D eigenvalue weighted by molar-refractivity contribution is 7.99. The number of nitrogens with zero attached hydrogens (tertiary/aromatic N) is 3. The number of allylic oxidation sites excluding steroid dienone is 1. The van der Waals surface area contributed by atoms with Gasteiger partial charge in [0.1, 0.15) is 5.82 Å². The van der Waals surface area contributed by atoms with E-state index < -0.39 is 0 Å². The highest BCUT2D eigenvalue weighted by Crippen LogP contribution is 2.29. The van der Waals surface area contributed by atoms with Crippen LogP contribution in [-0.4, -0.2) is 26.6 Å². The molecule has 19 heavy (non-hydrogen) atoms. The average molecular weight is 281 g/mol. The summed E-state index contributed by atoms with van der Waals surface area (Å²) in [6.07, 6.45) is 6.68. The fourth-order valence-corrected chi connectivity index (χ4v) is 3.69. The monoisotopic (exact) mass is 281 g/mol. The third-order valence-electron chi connectivity index (χ3n) is 3.56. The molecule has 1 aliphatic rings. The van der Waals surface area contributed by atoms with Crippen LogP contribution in [0, 0.1) is 5.92 Å². The van der Waals surface area contributed by atoms with Gasteiger partial charge in [0.25, 0.3) is 0 Å². The lowest BCUT2D eigenvalue weighted by molar-refractivity contribution is 0.349. The minimum Gasteiger partial charge on any atom is -0.328 e. The summed E-state index contributed by atoms with van der Waals surface area (Å²) in [6.45, 7) is 4.90. The van der Waals surface area contributed by atoms with Crippen molar-refractivity contribution < 1.29 is 0 Å². The molecule has 1 saturated carbocycles. The van der Waals surface area contributed by atoms with Gasteiger partial charge in [-0.15, -0.1) is 16.8 Å². The molecule has 5 nitrogen and oxygen atoms in total. The first-order chi connectivity index (χ1) is 9.24. The van der Waals surface area contributed by atoms with E-state index >= 15 is 0 Å². The number of nitrogens with two attached hydrogens (primary N) is 2. The molecule has 2 rings (SSSR count). The van der Waals surface area contributed by atoms with E-state index in [1.807, 2.05) is 10.6 Å². The maximum absolute atomic E-state index is 6.03. The Morgan fingerprint density at radius 2 is 2.26 bits per heavy atom. The lowest BCUT2D eigenvalue weighted by atomic mass is 9.87. The fraction of sp³-hybridized carbons (Fsp3) is 0.692. The van der Waals surface area contributed by atoms with Crippen LogP contribution in [0.4, 0.5) is 0 Å². The maximum Gasteiger partial charge on any atom is 0.191 e. The molecule has 0 amide bonds. The molecule has 0 spiro atoms. The zero-order chi connectivity index (χ0) is 13.7. The predicted octanol–water partition coefficient (Wildman–Crippen LogP) is 1.53. The molecular weight excluding hydrogens is 258 g/mol. The third-order valence-corrected chi connectivity index (χ3v) is 4.76. The first-order valence-electron chi connectivity index (χ1n) is 6.86. The van der Waals surface area contributed by atoms with Gasteiger partial charge in [0.15, 0.2) is 5.16 Å². The summed E-state index contributed by atoms with van der Waals surface area (Å²) in [6, 6.07) is 0.380. The van der Waals surface area contributed by atoms with Crippen LogP contribution in [-0.2, 0) is 13.1 Å². The Morgan fingerprint density at radius 3 is 2.95 bits per heavy atom. The van der Waals surface area contributed by atoms with E-state index in [0.29, 0.717) is 25.0 Å². The lowest BCUT2D eigenvalue weighted by Gasteiger charge is -2.26. The van der Waals surface area contributed by atoms with Gasteiger partial charge in [0.05, 0.1) is 6.54 Å². The van der Waals surface area contributed by atoms with Crippen molar-refractivity contribution >= 4 is 11.8 Å². The summed E-state index contributed by atoms with van der Waals surface area (Å²) in [5.74, 6) is 2.58. The molecule has 0 aliphatic heterocycles. The maximum atomic E-state index is 6.03. The molecule has 0 unspecified atom stereocenters. The first kappa shape index (κ1) is 14.6. The molecule has 106 valence electrons. The molecule has 0 radical (unpaired) electrons. The van der Waals surface area contributed by atoms with Crippen molar-refractivity contribution in [2.75, 3.05) is 5.75 Å². The van der Waals surface area contributed by atoms with E-state index in [1.165, 1.54) is 19.3 Å². The summed E-state index contributed by atoms with van der Waals surface area (Å²) >= 11 is 1.76. The van der Waals surface area contributed by atoms with Crippen molar-refractivity contribution in [3.8, 4) is 0 Å². The molecule has 1 heterocycles. The van der Waals surface area contributed by atoms with Crippen molar-refractivity contribution in [3.63, 3.8) is 0 Å². The van der Waals surface area contributed by atoms with Crippen LogP contribution in [0.25, 0.3) is 0 Å². The van der Waals surface area contributed by atoms with E-state index in [1.54, 1.807) is 11.8 Å². The van der Waals surface area contributed by atoms with Crippen LogP contribution < -0.4 is 11.5 Å². The second kappa shape index (κ2) is 7.07. The molecule has 1 aromatic heterocycles. The fourth-order valence-electron chi connectivity index (χ4n) is 2.57.